The first kappa shape index (κ1) is 24.7. The van der Waals surface area contributed by atoms with E-state index in [9.17, 15) is 9.59 Å². The minimum atomic E-state index is -0.585. The molecule has 0 unspecified atom stereocenters. The number of benzene rings is 1. The molecule has 1 saturated heterocycles. The van der Waals surface area contributed by atoms with Gasteiger partial charge in [-0.2, -0.15) is 0 Å². The molecule has 2 rings (SSSR count). The summed E-state index contributed by atoms with van der Waals surface area (Å²) in [6, 6.07) is 7.88. The number of ether oxygens (including phenoxy) is 2. The average molecular weight is 433 g/mol. The summed E-state index contributed by atoms with van der Waals surface area (Å²) in [5.74, 6) is -0.621. The molecule has 1 fully saturated rings. The standard InChI is InChI=1S/C24H36N2O5/c1-23(2,3)30-21(27)20(15-18-9-7-8-17(14-18)10-12-25-29)19-11-13-26(16-19)22(28)31-24(4,5)6/h7-9,12,14,19-20,29H,10-11,13,15-16H2,1-6H3/b25-12+/t19-,20-/m0/s1. The Labute approximate surface area is 185 Å². The highest BCUT2D eigenvalue weighted by molar-refractivity contribution is 5.74. The fraction of sp³-hybridized carbons (Fsp3) is 0.625. The molecule has 0 spiro atoms. The van der Waals surface area contributed by atoms with Gasteiger partial charge in [0, 0.05) is 25.7 Å². The number of nitrogens with zero attached hydrogens (tertiary/aromatic N) is 2. The van der Waals surface area contributed by atoms with Crippen molar-refractivity contribution in [3.05, 3.63) is 35.4 Å². The maximum atomic E-state index is 13.1. The Morgan fingerprint density at radius 2 is 1.81 bits per heavy atom. The first-order valence-electron chi connectivity index (χ1n) is 10.8. The van der Waals surface area contributed by atoms with E-state index in [2.05, 4.69) is 5.16 Å². The summed E-state index contributed by atoms with van der Waals surface area (Å²) < 4.78 is 11.2. The lowest BCUT2D eigenvalue weighted by atomic mass is 9.85. The molecule has 7 nitrogen and oxygen atoms in total. The SMILES string of the molecule is CC(C)(C)OC(=O)[C@@H](Cc1cccc(C/C=N/O)c1)[C@H]1CCN(C(=O)OC(C)(C)C)C1. The quantitative estimate of drug-likeness (QED) is 0.311. The lowest BCUT2D eigenvalue weighted by Crippen LogP contribution is -2.38. The van der Waals surface area contributed by atoms with Gasteiger partial charge in [-0.1, -0.05) is 24.3 Å². The van der Waals surface area contributed by atoms with Gasteiger partial charge in [0.1, 0.15) is 11.2 Å². The van der Waals surface area contributed by atoms with Crippen molar-refractivity contribution >= 4 is 18.3 Å². The lowest BCUT2D eigenvalue weighted by Gasteiger charge is -2.28. The number of carbonyl (C=O) groups is 2. The van der Waals surface area contributed by atoms with E-state index in [1.54, 1.807) is 4.90 Å². The third-order valence-corrected chi connectivity index (χ3v) is 5.01. The first-order valence-corrected chi connectivity index (χ1v) is 10.8. The Morgan fingerprint density at radius 1 is 1.16 bits per heavy atom. The summed E-state index contributed by atoms with van der Waals surface area (Å²) in [4.78, 5) is 27.3. The minimum Gasteiger partial charge on any atom is -0.460 e. The fourth-order valence-corrected chi connectivity index (χ4v) is 3.71. The van der Waals surface area contributed by atoms with Crippen LogP contribution >= 0.6 is 0 Å². The Balaban J connectivity index is 2.18. The molecule has 1 N–H and O–H groups in total. The maximum Gasteiger partial charge on any atom is 0.410 e. The normalized spacial score (nSPS) is 18.3. The van der Waals surface area contributed by atoms with Crippen molar-refractivity contribution in [2.24, 2.45) is 17.0 Å². The van der Waals surface area contributed by atoms with Crippen molar-refractivity contribution < 1.29 is 24.3 Å². The number of rotatable bonds is 6. The van der Waals surface area contributed by atoms with Gasteiger partial charge in [0.15, 0.2) is 0 Å². The number of oxime groups is 1. The van der Waals surface area contributed by atoms with E-state index in [0.29, 0.717) is 25.9 Å². The van der Waals surface area contributed by atoms with E-state index in [-0.39, 0.29) is 23.9 Å². The van der Waals surface area contributed by atoms with Gasteiger partial charge in [-0.15, -0.1) is 5.16 Å². The zero-order valence-corrected chi connectivity index (χ0v) is 19.6. The number of amides is 1. The van der Waals surface area contributed by atoms with Crippen LogP contribution in [0.4, 0.5) is 4.79 Å². The zero-order chi connectivity index (χ0) is 23.2. The number of esters is 1. The molecule has 0 aromatic heterocycles. The summed E-state index contributed by atoms with van der Waals surface area (Å²) in [6.45, 7) is 12.1. The second-order valence-corrected chi connectivity index (χ2v) is 10.1. The molecule has 172 valence electrons. The van der Waals surface area contributed by atoms with Gasteiger partial charge < -0.3 is 19.6 Å². The largest absolute Gasteiger partial charge is 0.460 e. The Bertz CT molecular complexity index is 792. The highest BCUT2D eigenvalue weighted by atomic mass is 16.6. The molecule has 0 radical (unpaired) electrons. The van der Waals surface area contributed by atoms with Crippen LogP contribution in [-0.4, -0.2) is 52.7 Å². The molecular weight excluding hydrogens is 396 g/mol. The van der Waals surface area contributed by atoms with E-state index in [4.69, 9.17) is 14.7 Å². The second kappa shape index (κ2) is 10.2. The van der Waals surface area contributed by atoms with Crippen molar-refractivity contribution in [1.82, 2.24) is 4.90 Å². The summed E-state index contributed by atoms with van der Waals surface area (Å²) in [6.07, 6.45) is 2.84. The van der Waals surface area contributed by atoms with Crippen molar-refractivity contribution in [3.8, 4) is 0 Å². The third-order valence-electron chi connectivity index (χ3n) is 5.01. The molecule has 0 bridgehead atoms. The van der Waals surface area contributed by atoms with E-state index in [1.165, 1.54) is 6.21 Å². The van der Waals surface area contributed by atoms with E-state index >= 15 is 0 Å². The molecule has 1 heterocycles. The number of hydrogen-bond donors (Lipinski definition) is 1. The van der Waals surface area contributed by atoms with Crippen LogP contribution < -0.4 is 0 Å². The zero-order valence-electron chi connectivity index (χ0n) is 19.6. The summed E-state index contributed by atoms with van der Waals surface area (Å²) in [5.41, 5.74) is 0.867. The molecule has 7 heteroatoms. The molecule has 1 aromatic carbocycles. The fourth-order valence-electron chi connectivity index (χ4n) is 3.71. The molecule has 1 aliphatic rings. The summed E-state index contributed by atoms with van der Waals surface area (Å²) >= 11 is 0. The van der Waals surface area contributed by atoms with Crippen LogP contribution in [0.1, 0.15) is 59.1 Å². The van der Waals surface area contributed by atoms with Gasteiger partial charge in [0.05, 0.1) is 5.92 Å². The van der Waals surface area contributed by atoms with Gasteiger partial charge >= 0.3 is 12.1 Å². The van der Waals surface area contributed by atoms with Crippen molar-refractivity contribution in [2.75, 3.05) is 13.1 Å². The summed E-state index contributed by atoms with van der Waals surface area (Å²) in [7, 11) is 0. The highest BCUT2D eigenvalue weighted by Crippen LogP contribution is 2.30. The van der Waals surface area contributed by atoms with E-state index in [1.807, 2.05) is 65.8 Å². The van der Waals surface area contributed by atoms with Gasteiger partial charge in [-0.05, 0) is 71.4 Å². The Kier molecular flexibility index (Phi) is 8.09. The molecule has 1 amide bonds. The van der Waals surface area contributed by atoms with Crippen LogP contribution in [0.2, 0.25) is 0 Å². The van der Waals surface area contributed by atoms with Crippen LogP contribution in [0.25, 0.3) is 0 Å². The van der Waals surface area contributed by atoms with Gasteiger partial charge in [0.2, 0.25) is 0 Å². The predicted octanol–water partition coefficient (Wildman–Crippen LogP) is 4.45. The molecule has 31 heavy (non-hydrogen) atoms. The number of likely N-dealkylation sites (tertiary alicyclic amines) is 1. The van der Waals surface area contributed by atoms with Crippen molar-refractivity contribution in [1.29, 1.82) is 0 Å². The average Bonchev–Trinajstić information content (AvgIpc) is 3.12. The molecular formula is C24H36N2O5. The molecule has 0 aliphatic carbocycles. The van der Waals surface area contributed by atoms with Gasteiger partial charge in [-0.25, -0.2) is 4.79 Å². The minimum absolute atomic E-state index is 0.00923. The molecule has 0 saturated carbocycles. The monoisotopic (exact) mass is 432 g/mol. The highest BCUT2D eigenvalue weighted by Gasteiger charge is 2.39. The van der Waals surface area contributed by atoms with Crippen LogP contribution in [-0.2, 0) is 27.1 Å². The molecule has 1 aliphatic heterocycles. The van der Waals surface area contributed by atoms with Crippen LogP contribution in [0.3, 0.4) is 0 Å². The van der Waals surface area contributed by atoms with Gasteiger partial charge in [0.25, 0.3) is 0 Å². The lowest BCUT2D eigenvalue weighted by molar-refractivity contribution is -0.161. The third kappa shape index (κ3) is 8.23. The van der Waals surface area contributed by atoms with Gasteiger partial charge in [-0.3, -0.25) is 4.79 Å². The number of carbonyl (C=O) groups excluding carboxylic acids is 2. The smallest absolute Gasteiger partial charge is 0.410 e. The topological polar surface area (TPSA) is 88.4 Å². The Morgan fingerprint density at radius 3 is 2.42 bits per heavy atom. The second-order valence-electron chi connectivity index (χ2n) is 10.1. The van der Waals surface area contributed by atoms with E-state index < -0.39 is 11.2 Å². The van der Waals surface area contributed by atoms with Crippen LogP contribution in [0, 0.1) is 11.8 Å². The van der Waals surface area contributed by atoms with Crippen molar-refractivity contribution in [3.63, 3.8) is 0 Å². The first-order chi connectivity index (χ1) is 14.4. The predicted molar refractivity (Wildman–Crippen MR) is 119 cm³/mol. The summed E-state index contributed by atoms with van der Waals surface area (Å²) in [5, 5.41) is 11.7. The molecule has 1 aromatic rings. The molecule has 2 atom stereocenters. The Hall–Kier alpha value is -2.57. The van der Waals surface area contributed by atoms with Crippen LogP contribution in [0.5, 0.6) is 0 Å². The van der Waals surface area contributed by atoms with Crippen LogP contribution in [0.15, 0.2) is 29.4 Å². The number of hydrogen-bond acceptors (Lipinski definition) is 6. The van der Waals surface area contributed by atoms with E-state index in [0.717, 1.165) is 17.5 Å². The maximum absolute atomic E-state index is 13.1. The van der Waals surface area contributed by atoms with Crippen molar-refractivity contribution in [2.45, 2.75) is 72.0 Å².